The highest BCUT2D eigenvalue weighted by atomic mass is 16.3. The van der Waals surface area contributed by atoms with Crippen molar-refractivity contribution in [1.29, 1.82) is 0 Å². The fourth-order valence-corrected chi connectivity index (χ4v) is 4.23. The van der Waals surface area contributed by atoms with Gasteiger partial charge < -0.3 is 10.0 Å². The molecule has 2 nitrogen and oxygen atoms in total. The van der Waals surface area contributed by atoms with Crippen molar-refractivity contribution in [3.05, 3.63) is 0 Å². The second-order valence-corrected chi connectivity index (χ2v) is 8.36. The third-order valence-electron chi connectivity index (χ3n) is 5.93. The Labute approximate surface area is 125 Å². The summed E-state index contributed by atoms with van der Waals surface area (Å²) in [5.74, 6) is 2.26. The van der Waals surface area contributed by atoms with Crippen LogP contribution in [-0.2, 0) is 0 Å². The van der Waals surface area contributed by atoms with Gasteiger partial charge in [0.1, 0.15) is 0 Å². The van der Waals surface area contributed by atoms with Gasteiger partial charge in [0.2, 0.25) is 0 Å². The summed E-state index contributed by atoms with van der Waals surface area (Å²) in [5.41, 5.74) is 0.462. The summed E-state index contributed by atoms with van der Waals surface area (Å²) >= 11 is 0. The van der Waals surface area contributed by atoms with Gasteiger partial charge in [0.05, 0.1) is 6.10 Å². The Bertz CT molecular complexity index is 288. The molecule has 2 fully saturated rings. The van der Waals surface area contributed by atoms with Gasteiger partial charge in [-0.1, -0.05) is 34.1 Å². The molecule has 0 aromatic rings. The van der Waals surface area contributed by atoms with E-state index in [1.165, 1.54) is 45.2 Å². The highest BCUT2D eigenvalue weighted by Crippen LogP contribution is 2.36. The average Bonchev–Trinajstić information content (AvgIpc) is 2.41. The molecule has 1 N–H and O–H groups in total. The standard InChI is InChI=1S/C18H35NO/c1-5-14-6-7-17(20)15(12-14)13-19-10-8-16(9-11-19)18(2,3)4/h14-17,20H,5-13H2,1-4H3. The van der Waals surface area contributed by atoms with Crippen molar-refractivity contribution in [1.82, 2.24) is 4.90 Å². The highest BCUT2D eigenvalue weighted by molar-refractivity contribution is 4.85. The molecule has 0 aromatic heterocycles. The van der Waals surface area contributed by atoms with Crippen LogP contribution in [0.2, 0.25) is 0 Å². The summed E-state index contributed by atoms with van der Waals surface area (Å²) in [7, 11) is 0. The van der Waals surface area contributed by atoms with Crippen molar-refractivity contribution in [2.45, 2.75) is 72.3 Å². The van der Waals surface area contributed by atoms with Crippen molar-refractivity contribution < 1.29 is 5.11 Å². The van der Waals surface area contributed by atoms with E-state index >= 15 is 0 Å². The molecule has 1 heterocycles. The number of likely N-dealkylation sites (tertiary alicyclic amines) is 1. The number of rotatable bonds is 3. The van der Waals surface area contributed by atoms with Gasteiger partial charge in [-0.2, -0.15) is 0 Å². The number of hydrogen-bond donors (Lipinski definition) is 1. The fraction of sp³-hybridized carbons (Fsp3) is 1.00. The Morgan fingerprint density at radius 3 is 2.25 bits per heavy atom. The molecule has 20 heavy (non-hydrogen) atoms. The fourth-order valence-electron chi connectivity index (χ4n) is 4.23. The van der Waals surface area contributed by atoms with E-state index in [4.69, 9.17) is 0 Å². The van der Waals surface area contributed by atoms with E-state index in [-0.39, 0.29) is 6.10 Å². The van der Waals surface area contributed by atoms with Crippen molar-refractivity contribution in [3.8, 4) is 0 Å². The summed E-state index contributed by atoms with van der Waals surface area (Å²) in [5, 5.41) is 10.3. The second kappa shape index (κ2) is 6.79. The summed E-state index contributed by atoms with van der Waals surface area (Å²) in [6, 6.07) is 0. The third-order valence-corrected chi connectivity index (χ3v) is 5.93. The molecule has 118 valence electrons. The van der Waals surface area contributed by atoms with Gasteiger partial charge in [0.25, 0.3) is 0 Å². The largest absolute Gasteiger partial charge is 0.393 e. The van der Waals surface area contributed by atoms with Crippen LogP contribution in [0.15, 0.2) is 0 Å². The molecular weight excluding hydrogens is 246 g/mol. The van der Waals surface area contributed by atoms with Crippen LogP contribution < -0.4 is 0 Å². The number of aliphatic hydroxyl groups excluding tert-OH is 1. The van der Waals surface area contributed by atoms with Crippen LogP contribution in [0.3, 0.4) is 0 Å². The van der Waals surface area contributed by atoms with Crippen LogP contribution in [-0.4, -0.2) is 35.7 Å². The lowest BCUT2D eigenvalue weighted by Gasteiger charge is -2.42. The van der Waals surface area contributed by atoms with E-state index in [0.717, 1.165) is 24.8 Å². The molecule has 1 saturated heterocycles. The van der Waals surface area contributed by atoms with E-state index in [0.29, 0.717) is 11.3 Å². The summed E-state index contributed by atoms with van der Waals surface area (Å²) < 4.78 is 0. The predicted octanol–water partition coefficient (Wildman–Crippen LogP) is 3.93. The normalized spacial score (nSPS) is 34.4. The Balaban J connectivity index is 1.80. The highest BCUT2D eigenvalue weighted by Gasteiger charge is 2.33. The maximum atomic E-state index is 10.3. The lowest BCUT2D eigenvalue weighted by atomic mass is 9.74. The molecule has 0 bridgehead atoms. The van der Waals surface area contributed by atoms with E-state index in [9.17, 15) is 5.11 Å². The summed E-state index contributed by atoms with van der Waals surface area (Å²) in [4.78, 5) is 2.62. The molecule has 0 aromatic carbocycles. The zero-order chi connectivity index (χ0) is 14.8. The maximum Gasteiger partial charge on any atom is 0.0580 e. The molecule has 2 heteroatoms. The smallest absolute Gasteiger partial charge is 0.0580 e. The minimum atomic E-state index is -0.0434. The Hall–Kier alpha value is -0.0800. The van der Waals surface area contributed by atoms with E-state index in [1.807, 2.05) is 0 Å². The molecule has 1 saturated carbocycles. The first-order valence-corrected chi connectivity index (χ1v) is 8.80. The average molecular weight is 281 g/mol. The first kappa shape index (κ1) is 16.3. The monoisotopic (exact) mass is 281 g/mol. The van der Waals surface area contributed by atoms with Crippen LogP contribution in [0, 0.1) is 23.2 Å². The zero-order valence-corrected chi connectivity index (χ0v) is 14.1. The maximum absolute atomic E-state index is 10.3. The summed E-state index contributed by atoms with van der Waals surface area (Å²) in [6.45, 7) is 13.0. The van der Waals surface area contributed by atoms with Gasteiger partial charge in [-0.3, -0.25) is 0 Å². The topological polar surface area (TPSA) is 23.5 Å². The molecule has 1 aliphatic carbocycles. The minimum Gasteiger partial charge on any atom is -0.393 e. The van der Waals surface area contributed by atoms with Gasteiger partial charge in [0, 0.05) is 6.54 Å². The number of piperidine rings is 1. The quantitative estimate of drug-likeness (QED) is 0.847. The number of nitrogens with zero attached hydrogens (tertiary/aromatic N) is 1. The molecule has 3 unspecified atom stereocenters. The zero-order valence-electron chi connectivity index (χ0n) is 14.1. The first-order chi connectivity index (χ1) is 9.40. The van der Waals surface area contributed by atoms with E-state index in [1.54, 1.807) is 0 Å². The van der Waals surface area contributed by atoms with E-state index < -0.39 is 0 Å². The second-order valence-electron chi connectivity index (χ2n) is 8.36. The number of hydrogen-bond acceptors (Lipinski definition) is 2. The molecule has 2 rings (SSSR count). The Morgan fingerprint density at radius 1 is 1.05 bits per heavy atom. The third kappa shape index (κ3) is 4.21. The van der Waals surface area contributed by atoms with Crippen LogP contribution in [0.4, 0.5) is 0 Å². The minimum absolute atomic E-state index is 0.0434. The molecule has 1 aliphatic heterocycles. The Morgan fingerprint density at radius 2 is 1.70 bits per heavy atom. The molecule has 0 radical (unpaired) electrons. The number of aliphatic hydroxyl groups is 1. The lowest BCUT2D eigenvalue weighted by molar-refractivity contribution is 0.0145. The molecular formula is C18H35NO. The van der Waals surface area contributed by atoms with Crippen molar-refractivity contribution in [2.24, 2.45) is 23.2 Å². The Kier molecular flexibility index (Phi) is 5.53. The SMILES string of the molecule is CCC1CCC(O)C(CN2CCC(C(C)(C)C)CC2)C1. The van der Waals surface area contributed by atoms with Crippen LogP contribution in [0.1, 0.15) is 66.2 Å². The molecule has 3 atom stereocenters. The van der Waals surface area contributed by atoms with Crippen molar-refractivity contribution in [2.75, 3.05) is 19.6 Å². The molecule has 0 spiro atoms. The van der Waals surface area contributed by atoms with Crippen molar-refractivity contribution >= 4 is 0 Å². The van der Waals surface area contributed by atoms with Crippen LogP contribution in [0.25, 0.3) is 0 Å². The van der Waals surface area contributed by atoms with Crippen molar-refractivity contribution in [3.63, 3.8) is 0 Å². The first-order valence-electron chi connectivity index (χ1n) is 8.80. The van der Waals surface area contributed by atoms with Gasteiger partial charge in [0.15, 0.2) is 0 Å². The lowest BCUT2D eigenvalue weighted by Crippen LogP contribution is -2.44. The van der Waals surface area contributed by atoms with E-state index in [2.05, 4.69) is 32.6 Å². The van der Waals surface area contributed by atoms with Gasteiger partial charge in [-0.25, -0.2) is 0 Å². The van der Waals surface area contributed by atoms with Gasteiger partial charge in [-0.15, -0.1) is 0 Å². The van der Waals surface area contributed by atoms with Gasteiger partial charge in [-0.05, 0) is 68.4 Å². The van der Waals surface area contributed by atoms with Crippen LogP contribution >= 0.6 is 0 Å². The van der Waals surface area contributed by atoms with Crippen LogP contribution in [0.5, 0.6) is 0 Å². The van der Waals surface area contributed by atoms with Gasteiger partial charge >= 0.3 is 0 Å². The molecule has 2 aliphatic rings. The predicted molar refractivity (Wildman–Crippen MR) is 85.7 cm³/mol. The summed E-state index contributed by atoms with van der Waals surface area (Å²) in [6.07, 6.45) is 7.43. The molecule has 0 amide bonds.